The van der Waals surface area contributed by atoms with Gasteiger partial charge in [-0.3, -0.25) is 9.69 Å². The van der Waals surface area contributed by atoms with Crippen molar-refractivity contribution in [2.45, 2.75) is 19.6 Å². The number of rotatable bonds is 9. The maximum atomic E-state index is 13.2. The van der Waals surface area contributed by atoms with E-state index in [4.69, 9.17) is 26.2 Å². The van der Waals surface area contributed by atoms with Gasteiger partial charge in [-0.1, -0.05) is 72.8 Å². The molecule has 1 aliphatic heterocycles. The number of methoxy groups -OCH3 is 1. The Kier molecular flexibility index (Phi) is 7.85. The summed E-state index contributed by atoms with van der Waals surface area (Å²) in [5.41, 5.74) is 3.61. The minimum atomic E-state index is -0.410. The molecule has 1 fully saturated rings. The maximum absolute atomic E-state index is 13.2. The highest BCUT2D eigenvalue weighted by atomic mass is 35.5. The smallest absolute Gasteiger partial charge is 0.258 e. The van der Waals surface area contributed by atoms with Crippen molar-refractivity contribution in [2.24, 2.45) is 5.10 Å². The first-order valence-electron chi connectivity index (χ1n) is 11.3. The lowest BCUT2D eigenvalue weighted by atomic mass is 10.1. The molecule has 0 radical (unpaired) electrons. The molecule has 180 valence electrons. The summed E-state index contributed by atoms with van der Waals surface area (Å²) in [6.07, 6.45) is 1.27. The van der Waals surface area contributed by atoms with Gasteiger partial charge in [-0.15, -0.1) is 0 Å². The Hall–Kier alpha value is -3.61. The van der Waals surface area contributed by atoms with Crippen molar-refractivity contribution in [3.63, 3.8) is 0 Å². The normalized spacial score (nSPS) is 16.4. The van der Waals surface area contributed by atoms with Gasteiger partial charge in [0.1, 0.15) is 12.8 Å². The lowest BCUT2D eigenvalue weighted by Crippen LogP contribution is -2.29. The predicted octanol–water partition coefficient (Wildman–Crippen LogP) is 5.68. The van der Waals surface area contributed by atoms with Crippen molar-refractivity contribution in [2.75, 3.05) is 20.3 Å². The highest BCUT2D eigenvalue weighted by molar-refractivity contribution is 6.30. The van der Waals surface area contributed by atoms with Crippen LogP contribution in [0.3, 0.4) is 0 Å². The summed E-state index contributed by atoms with van der Waals surface area (Å²) in [5, 5.41) is 6.98. The van der Waals surface area contributed by atoms with Crippen molar-refractivity contribution in [1.82, 2.24) is 9.91 Å². The number of carbonyl (C=O) groups excluding carboxylic acids is 1. The standard InChI is InChI=1S/C28H28ClN3O3/c1-4-16-35-25-15-12-23(17-26(25)34-3)28-31(18-21-8-6-5-7-9-21)19-27(33)32(28)30-20(2)22-10-13-24(29)14-11-22/h4-15,17,28H,1,16,18-19H2,2-3H3/t28-/m1/s1. The van der Waals surface area contributed by atoms with E-state index in [1.165, 1.54) is 0 Å². The lowest BCUT2D eigenvalue weighted by Gasteiger charge is -2.28. The number of hydrogen-bond donors (Lipinski definition) is 0. The number of halogens is 1. The second-order valence-electron chi connectivity index (χ2n) is 8.20. The van der Waals surface area contributed by atoms with Gasteiger partial charge in [0, 0.05) is 11.6 Å². The summed E-state index contributed by atoms with van der Waals surface area (Å²) in [6.45, 7) is 6.80. The fraction of sp³-hybridized carbons (Fsp3) is 0.214. The predicted molar refractivity (Wildman–Crippen MR) is 139 cm³/mol. The van der Waals surface area contributed by atoms with E-state index in [9.17, 15) is 4.79 Å². The number of hydrazone groups is 1. The summed E-state index contributed by atoms with van der Waals surface area (Å²) in [6, 6.07) is 23.2. The van der Waals surface area contributed by atoms with Gasteiger partial charge in [0.15, 0.2) is 11.5 Å². The second kappa shape index (κ2) is 11.2. The first-order valence-corrected chi connectivity index (χ1v) is 11.7. The molecule has 3 aromatic rings. The van der Waals surface area contributed by atoms with Gasteiger partial charge in [-0.25, -0.2) is 5.01 Å². The molecule has 1 aliphatic rings. The third-order valence-electron chi connectivity index (χ3n) is 5.76. The highest BCUT2D eigenvalue weighted by Gasteiger charge is 2.39. The molecule has 0 N–H and O–H groups in total. The van der Waals surface area contributed by atoms with Crippen LogP contribution in [0.25, 0.3) is 0 Å². The summed E-state index contributed by atoms with van der Waals surface area (Å²) in [4.78, 5) is 15.3. The van der Waals surface area contributed by atoms with Crippen molar-refractivity contribution in [3.8, 4) is 11.5 Å². The van der Waals surface area contributed by atoms with Crippen LogP contribution < -0.4 is 9.47 Å². The molecule has 4 rings (SSSR count). The molecule has 0 spiro atoms. The fourth-order valence-electron chi connectivity index (χ4n) is 4.07. The number of nitrogens with zero attached hydrogens (tertiary/aromatic N) is 3. The van der Waals surface area contributed by atoms with Crippen molar-refractivity contribution >= 4 is 23.2 Å². The molecule has 7 heteroatoms. The van der Waals surface area contributed by atoms with Crippen LogP contribution in [0.2, 0.25) is 5.02 Å². The maximum Gasteiger partial charge on any atom is 0.258 e. The molecular weight excluding hydrogens is 462 g/mol. The molecule has 3 aromatic carbocycles. The zero-order valence-electron chi connectivity index (χ0n) is 19.9. The summed E-state index contributed by atoms with van der Waals surface area (Å²) < 4.78 is 11.3. The topological polar surface area (TPSA) is 54.4 Å². The van der Waals surface area contributed by atoms with Crippen LogP contribution in [0.1, 0.15) is 29.8 Å². The van der Waals surface area contributed by atoms with E-state index < -0.39 is 6.17 Å². The summed E-state index contributed by atoms with van der Waals surface area (Å²) in [7, 11) is 1.60. The fourth-order valence-corrected chi connectivity index (χ4v) is 4.20. The van der Waals surface area contributed by atoms with Gasteiger partial charge >= 0.3 is 0 Å². The van der Waals surface area contributed by atoms with Crippen LogP contribution in [0.15, 0.2) is 90.6 Å². The Labute approximate surface area is 211 Å². The molecule has 0 bridgehead atoms. The van der Waals surface area contributed by atoms with Crippen LogP contribution in [0, 0.1) is 0 Å². The second-order valence-corrected chi connectivity index (χ2v) is 8.64. The minimum absolute atomic E-state index is 0.0785. The third-order valence-corrected chi connectivity index (χ3v) is 6.01. The number of amides is 1. The third kappa shape index (κ3) is 5.73. The van der Waals surface area contributed by atoms with E-state index >= 15 is 0 Å². The number of hydrogen-bond acceptors (Lipinski definition) is 5. The van der Waals surface area contributed by atoms with E-state index in [1.54, 1.807) is 18.2 Å². The molecule has 0 aliphatic carbocycles. The van der Waals surface area contributed by atoms with E-state index in [-0.39, 0.29) is 12.5 Å². The van der Waals surface area contributed by atoms with Gasteiger partial charge in [0.2, 0.25) is 0 Å². The molecule has 1 saturated heterocycles. The zero-order chi connectivity index (χ0) is 24.8. The Morgan fingerprint density at radius 2 is 1.86 bits per heavy atom. The SMILES string of the molecule is C=CCOc1ccc([C@@H]2N(Cc3ccccc3)CC(=O)N2N=C(C)c2ccc(Cl)cc2)cc1OC. The Balaban J connectivity index is 1.73. The van der Waals surface area contributed by atoms with Crippen LogP contribution in [-0.4, -0.2) is 41.8 Å². The van der Waals surface area contributed by atoms with E-state index in [2.05, 4.69) is 23.6 Å². The van der Waals surface area contributed by atoms with Gasteiger partial charge in [0.25, 0.3) is 5.91 Å². The minimum Gasteiger partial charge on any atom is -0.493 e. The Morgan fingerprint density at radius 3 is 2.54 bits per heavy atom. The monoisotopic (exact) mass is 489 g/mol. The quantitative estimate of drug-likeness (QED) is 0.286. The molecule has 0 saturated carbocycles. The first kappa shape index (κ1) is 24.5. The van der Waals surface area contributed by atoms with Crippen molar-refractivity contribution in [3.05, 3.63) is 107 Å². The van der Waals surface area contributed by atoms with Crippen molar-refractivity contribution in [1.29, 1.82) is 0 Å². The molecule has 0 aromatic heterocycles. The van der Waals surface area contributed by atoms with E-state index in [0.717, 1.165) is 22.4 Å². The molecule has 6 nitrogen and oxygen atoms in total. The molecule has 1 amide bonds. The zero-order valence-corrected chi connectivity index (χ0v) is 20.6. The average molecular weight is 490 g/mol. The van der Waals surface area contributed by atoms with Gasteiger partial charge in [-0.2, -0.15) is 5.10 Å². The van der Waals surface area contributed by atoms with Crippen molar-refractivity contribution < 1.29 is 14.3 Å². The molecule has 1 atom stereocenters. The molecule has 35 heavy (non-hydrogen) atoms. The van der Waals surface area contributed by atoms with Crippen LogP contribution in [0.5, 0.6) is 11.5 Å². The van der Waals surface area contributed by atoms with Crippen LogP contribution in [0.4, 0.5) is 0 Å². The number of benzene rings is 3. The molecule has 1 heterocycles. The Morgan fingerprint density at radius 1 is 1.11 bits per heavy atom. The van der Waals surface area contributed by atoms with Gasteiger partial charge in [0.05, 0.1) is 19.4 Å². The summed E-state index contributed by atoms with van der Waals surface area (Å²) in [5.74, 6) is 1.12. The molecule has 0 unspecified atom stereocenters. The number of carbonyl (C=O) groups is 1. The number of ether oxygens (including phenoxy) is 2. The Bertz CT molecular complexity index is 1210. The summed E-state index contributed by atoms with van der Waals surface area (Å²) >= 11 is 6.04. The van der Waals surface area contributed by atoms with E-state index in [1.807, 2.05) is 67.6 Å². The average Bonchev–Trinajstić information content (AvgIpc) is 3.17. The highest BCUT2D eigenvalue weighted by Crippen LogP contribution is 2.37. The van der Waals surface area contributed by atoms with Gasteiger partial charge in [-0.05, 0) is 47.9 Å². The largest absolute Gasteiger partial charge is 0.493 e. The van der Waals surface area contributed by atoms with E-state index in [0.29, 0.717) is 29.7 Å². The first-order chi connectivity index (χ1) is 17.0. The van der Waals surface area contributed by atoms with Gasteiger partial charge < -0.3 is 9.47 Å². The van der Waals surface area contributed by atoms with Crippen LogP contribution >= 0.6 is 11.6 Å². The van der Waals surface area contributed by atoms with Crippen LogP contribution in [-0.2, 0) is 11.3 Å². The molecular formula is C28H28ClN3O3. The lowest BCUT2D eigenvalue weighted by molar-refractivity contribution is -0.128.